The van der Waals surface area contributed by atoms with Crippen molar-refractivity contribution >= 4 is 33.2 Å². The summed E-state index contributed by atoms with van der Waals surface area (Å²) in [4.78, 5) is 12.1. The van der Waals surface area contributed by atoms with Crippen LogP contribution in [0, 0.1) is 12.7 Å². The summed E-state index contributed by atoms with van der Waals surface area (Å²) < 4.78 is 14.2. The maximum atomic E-state index is 13.5. The van der Waals surface area contributed by atoms with Crippen molar-refractivity contribution in [2.24, 2.45) is 0 Å². The van der Waals surface area contributed by atoms with Crippen LogP contribution < -0.4 is 11.1 Å². The van der Waals surface area contributed by atoms with E-state index in [0.717, 1.165) is 5.56 Å². The van der Waals surface area contributed by atoms with Crippen LogP contribution in [-0.4, -0.2) is 5.91 Å². The van der Waals surface area contributed by atoms with Gasteiger partial charge in [0.2, 0.25) is 0 Å². The van der Waals surface area contributed by atoms with E-state index < -0.39 is 11.7 Å². The number of hydrogen-bond donors (Lipinski definition) is 2. The van der Waals surface area contributed by atoms with Gasteiger partial charge >= 0.3 is 0 Å². The highest BCUT2D eigenvalue weighted by molar-refractivity contribution is 9.10. The zero-order valence-electron chi connectivity index (χ0n) is 10.2. The first-order valence-electron chi connectivity index (χ1n) is 5.60. The molecule has 3 N–H and O–H groups in total. The third kappa shape index (κ3) is 3.12. The van der Waals surface area contributed by atoms with E-state index in [1.807, 2.05) is 19.1 Å². The Balaban J connectivity index is 2.28. The van der Waals surface area contributed by atoms with Crippen molar-refractivity contribution in [2.45, 2.75) is 6.92 Å². The molecule has 2 aromatic rings. The third-order valence-electron chi connectivity index (χ3n) is 2.61. The minimum Gasteiger partial charge on any atom is -0.399 e. The minimum absolute atomic E-state index is 0.0671. The Morgan fingerprint density at radius 1 is 1.26 bits per heavy atom. The fraction of sp³-hybridized carbons (Fsp3) is 0.0714. The van der Waals surface area contributed by atoms with E-state index in [9.17, 15) is 9.18 Å². The number of nitrogens with one attached hydrogen (secondary N) is 1. The smallest absolute Gasteiger partial charge is 0.256 e. The molecule has 0 heterocycles. The summed E-state index contributed by atoms with van der Waals surface area (Å²) in [5, 5.41) is 2.50. The lowest BCUT2D eigenvalue weighted by Crippen LogP contribution is -2.14. The molecule has 5 heteroatoms. The van der Waals surface area contributed by atoms with Crippen molar-refractivity contribution < 1.29 is 9.18 Å². The fourth-order valence-corrected chi connectivity index (χ4v) is 2.31. The normalized spacial score (nSPS) is 10.3. The maximum Gasteiger partial charge on any atom is 0.256 e. The first-order valence-corrected chi connectivity index (χ1v) is 6.39. The number of nitrogen functional groups attached to an aromatic ring is 1. The summed E-state index contributed by atoms with van der Waals surface area (Å²) in [6.45, 7) is 1.92. The Hall–Kier alpha value is -1.88. The van der Waals surface area contributed by atoms with E-state index in [1.165, 1.54) is 18.2 Å². The Morgan fingerprint density at radius 3 is 2.68 bits per heavy atom. The van der Waals surface area contributed by atoms with Crippen LogP contribution in [-0.2, 0) is 0 Å². The second kappa shape index (κ2) is 5.40. The SMILES string of the molecule is Cc1ccc(C(=O)Nc2cc(N)ccc2F)c(Br)c1. The van der Waals surface area contributed by atoms with E-state index in [1.54, 1.807) is 6.07 Å². The molecule has 0 bridgehead atoms. The third-order valence-corrected chi connectivity index (χ3v) is 3.26. The van der Waals surface area contributed by atoms with Crippen molar-refractivity contribution in [3.8, 4) is 0 Å². The molecule has 3 nitrogen and oxygen atoms in total. The number of halogens is 2. The van der Waals surface area contributed by atoms with Crippen molar-refractivity contribution in [1.82, 2.24) is 0 Å². The standard InChI is InChI=1S/C14H12BrFN2O/c1-8-2-4-10(11(15)6-8)14(19)18-13-7-9(17)3-5-12(13)16/h2-7H,17H2,1H3,(H,18,19). The van der Waals surface area contributed by atoms with Crippen LogP contribution in [0.5, 0.6) is 0 Å². The zero-order valence-corrected chi connectivity index (χ0v) is 11.8. The summed E-state index contributed by atoms with van der Waals surface area (Å²) in [5.74, 6) is -0.915. The zero-order chi connectivity index (χ0) is 14.0. The molecule has 0 saturated heterocycles. The summed E-state index contributed by atoms with van der Waals surface area (Å²) in [6, 6.07) is 9.36. The second-order valence-electron chi connectivity index (χ2n) is 4.18. The lowest BCUT2D eigenvalue weighted by Gasteiger charge is -2.09. The van der Waals surface area contributed by atoms with Crippen LogP contribution in [0.2, 0.25) is 0 Å². The van der Waals surface area contributed by atoms with Gasteiger partial charge in [0.05, 0.1) is 11.3 Å². The van der Waals surface area contributed by atoms with E-state index >= 15 is 0 Å². The van der Waals surface area contributed by atoms with E-state index in [0.29, 0.717) is 15.7 Å². The Morgan fingerprint density at radius 2 is 2.00 bits per heavy atom. The van der Waals surface area contributed by atoms with E-state index in [4.69, 9.17) is 5.73 Å². The molecule has 0 aliphatic carbocycles. The average Bonchev–Trinajstić information content (AvgIpc) is 2.33. The maximum absolute atomic E-state index is 13.5. The average molecular weight is 323 g/mol. The van der Waals surface area contributed by atoms with Crippen LogP contribution in [0.3, 0.4) is 0 Å². The van der Waals surface area contributed by atoms with E-state index in [2.05, 4.69) is 21.2 Å². The van der Waals surface area contributed by atoms with Gasteiger partial charge in [-0.05, 0) is 58.7 Å². The van der Waals surface area contributed by atoms with Crippen molar-refractivity contribution in [3.05, 3.63) is 57.8 Å². The lowest BCUT2D eigenvalue weighted by atomic mass is 10.1. The van der Waals surface area contributed by atoms with Crippen LogP contribution in [0.25, 0.3) is 0 Å². The number of aryl methyl sites for hydroxylation is 1. The molecular formula is C14H12BrFN2O. The number of amides is 1. The molecule has 98 valence electrons. The molecule has 0 fully saturated rings. The van der Waals surface area contributed by atoms with Gasteiger partial charge in [-0.15, -0.1) is 0 Å². The molecule has 0 aliphatic rings. The molecule has 2 aromatic carbocycles. The Labute approximate surface area is 118 Å². The van der Waals surface area contributed by atoms with Gasteiger partial charge in [0.25, 0.3) is 5.91 Å². The minimum atomic E-state index is -0.522. The second-order valence-corrected chi connectivity index (χ2v) is 5.03. The predicted octanol–water partition coefficient (Wildman–Crippen LogP) is 3.73. The lowest BCUT2D eigenvalue weighted by molar-refractivity contribution is 0.102. The number of anilines is 2. The van der Waals surface area contributed by atoms with Crippen LogP contribution in [0.1, 0.15) is 15.9 Å². The van der Waals surface area contributed by atoms with Crippen LogP contribution >= 0.6 is 15.9 Å². The first kappa shape index (κ1) is 13.5. The van der Waals surface area contributed by atoms with Gasteiger partial charge in [0.15, 0.2) is 0 Å². The molecule has 2 rings (SSSR count). The van der Waals surface area contributed by atoms with Crippen LogP contribution in [0.15, 0.2) is 40.9 Å². The molecule has 0 spiro atoms. The van der Waals surface area contributed by atoms with E-state index in [-0.39, 0.29) is 5.69 Å². The molecule has 0 atom stereocenters. The fourth-order valence-electron chi connectivity index (χ4n) is 1.63. The molecule has 0 unspecified atom stereocenters. The summed E-state index contributed by atoms with van der Waals surface area (Å²) in [6.07, 6.45) is 0. The highest BCUT2D eigenvalue weighted by atomic mass is 79.9. The van der Waals surface area contributed by atoms with Gasteiger partial charge in [-0.1, -0.05) is 6.07 Å². The summed E-state index contributed by atoms with van der Waals surface area (Å²) in [7, 11) is 0. The topological polar surface area (TPSA) is 55.1 Å². The molecule has 0 aromatic heterocycles. The summed E-state index contributed by atoms with van der Waals surface area (Å²) >= 11 is 3.31. The predicted molar refractivity (Wildman–Crippen MR) is 77.6 cm³/mol. The quantitative estimate of drug-likeness (QED) is 0.828. The number of carbonyl (C=O) groups is 1. The van der Waals surface area contributed by atoms with Gasteiger partial charge in [-0.25, -0.2) is 4.39 Å². The van der Waals surface area contributed by atoms with Gasteiger partial charge in [0.1, 0.15) is 5.82 Å². The molecule has 0 saturated carbocycles. The molecule has 1 amide bonds. The Bertz CT molecular complexity index is 643. The molecular weight excluding hydrogens is 311 g/mol. The Kier molecular flexibility index (Phi) is 3.85. The van der Waals surface area contributed by atoms with Gasteiger partial charge < -0.3 is 11.1 Å². The van der Waals surface area contributed by atoms with Crippen molar-refractivity contribution in [3.63, 3.8) is 0 Å². The largest absolute Gasteiger partial charge is 0.399 e. The number of hydrogen-bond acceptors (Lipinski definition) is 2. The van der Waals surface area contributed by atoms with Crippen molar-refractivity contribution in [2.75, 3.05) is 11.1 Å². The number of benzene rings is 2. The molecule has 19 heavy (non-hydrogen) atoms. The van der Waals surface area contributed by atoms with Gasteiger partial charge in [-0.3, -0.25) is 4.79 Å². The van der Waals surface area contributed by atoms with Gasteiger partial charge in [0, 0.05) is 10.2 Å². The molecule has 0 aliphatic heterocycles. The summed E-state index contributed by atoms with van der Waals surface area (Å²) in [5.41, 5.74) is 7.48. The van der Waals surface area contributed by atoms with Crippen molar-refractivity contribution in [1.29, 1.82) is 0 Å². The number of rotatable bonds is 2. The molecule has 0 radical (unpaired) electrons. The highest BCUT2D eigenvalue weighted by Gasteiger charge is 2.12. The van der Waals surface area contributed by atoms with Crippen LogP contribution in [0.4, 0.5) is 15.8 Å². The van der Waals surface area contributed by atoms with Gasteiger partial charge in [-0.2, -0.15) is 0 Å². The highest BCUT2D eigenvalue weighted by Crippen LogP contribution is 2.22. The monoisotopic (exact) mass is 322 g/mol. The number of nitrogens with two attached hydrogens (primary N) is 1. The number of carbonyl (C=O) groups excluding carboxylic acids is 1. The first-order chi connectivity index (χ1) is 8.97.